The highest BCUT2D eigenvalue weighted by atomic mass is 19.1. The van der Waals surface area contributed by atoms with Crippen molar-refractivity contribution in [3.05, 3.63) is 70.5 Å². The second-order valence-electron chi connectivity index (χ2n) is 4.73. The van der Waals surface area contributed by atoms with E-state index in [2.05, 4.69) is 6.92 Å². The highest BCUT2D eigenvalue weighted by Gasteiger charge is 2.09. The Morgan fingerprint density at radius 3 is 2.26 bits per heavy atom. The number of halogens is 1. The van der Waals surface area contributed by atoms with Crippen molar-refractivity contribution in [1.29, 1.82) is 0 Å². The van der Waals surface area contributed by atoms with Crippen LogP contribution in [0.15, 0.2) is 42.5 Å². The topological polar surface area (TPSA) is 17.1 Å². The van der Waals surface area contributed by atoms with Crippen LogP contribution >= 0.6 is 0 Å². The predicted octanol–water partition coefficient (Wildman–Crippen LogP) is 4.12. The average Bonchev–Trinajstić information content (AvgIpc) is 2.42. The molecule has 0 bridgehead atoms. The molecule has 0 atom stereocenters. The molecule has 0 aromatic heterocycles. The number of Topliss-reactive ketones (excluding diaryl/α,β-unsaturated/α-hetero) is 1. The largest absolute Gasteiger partial charge is 0.294 e. The molecule has 0 fully saturated rings. The Kier molecular flexibility index (Phi) is 4.10. The predicted molar refractivity (Wildman–Crippen MR) is 75.0 cm³/mol. The lowest BCUT2D eigenvalue weighted by molar-refractivity contribution is 0.0992. The van der Waals surface area contributed by atoms with E-state index in [1.54, 1.807) is 19.1 Å². The third-order valence-corrected chi connectivity index (χ3v) is 3.29. The summed E-state index contributed by atoms with van der Waals surface area (Å²) in [5, 5.41) is 0. The number of rotatable bonds is 4. The Morgan fingerprint density at radius 1 is 1.05 bits per heavy atom. The van der Waals surface area contributed by atoms with Crippen LogP contribution in [-0.4, -0.2) is 5.78 Å². The summed E-state index contributed by atoms with van der Waals surface area (Å²) >= 11 is 0. The van der Waals surface area contributed by atoms with Crippen molar-refractivity contribution in [2.45, 2.75) is 26.7 Å². The maximum absolute atomic E-state index is 13.4. The Balaban J connectivity index is 2.13. The fourth-order valence-corrected chi connectivity index (χ4v) is 1.95. The van der Waals surface area contributed by atoms with Crippen LogP contribution in [0.4, 0.5) is 4.39 Å². The van der Waals surface area contributed by atoms with E-state index >= 15 is 0 Å². The van der Waals surface area contributed by atoms with Gasteiger partial charge in [0.2, 0.25) is 0 Å². The van der Waals surface area contributed by atoms with Crippen LogP contribution in [0.3, 0.4) is 0 Å². The summed E-state index contributed by atoms with van der Waals surface area (Å²) in [6.07, 6.45) is 1.30. The molecule has 2 aromatic rings. The number of hydrogen-bond acceptors (Lipinski definition) is 1. The Bertz CT molecular complexity index is 585. The first-order valence-corrected chi connectivity index (χ1v) is 6.47. The van der Waals surface area contributed by atoms with Gasteiger partial charge in [-0.1, -0.05) is 43.3 Å². The maximum Gasteiger partial charge on any atom is 0.167 e. The summed E-state index contributed by atoms with van der Waals surface area (Å²) < 4.78 is 13.4. The molecule has 98 valence electrons. The van der Waals surface area contributed by atoms with E-state index in [1.807, 2.05) is 24.3 Å². The molecule has 0 aliphatic carbocycles. The second-order valence-corrected chi connectivity index (χ2v) is 4.73. The SMILES string of the molecule is CCc1ccc(CC(=O)c2ccc(C)c(F)c2)cc1. The molecule has 2 aromatic carbocycles. The zero-order chi connectivity index (χ0) is 13.8. The lowest BCUT2D eigenvalue weighted by atomic mass is 10.0. The minimum Gasteiger partial charge on any atom is -0.294 e. The minimum atomic E-state index is -0.327. The van der Waals surface area contributed by atoms with Gasteiger partial charge in [0.1, 0.15) is 5.82 Å². The third-order valence-electron chi connectivity index (χ3n) is 3.29. The van der Waals surface area contributed by atoms with Gasteiger partial charge in [0, 0.05) is 12.0 Å². The summed E-state index contributed by atoms with van der Waals surface area (Å²) in [5.41, 5.74) is 3.20. The van der Waals surface area contributed by atoms with Crippen LogP contribution in [0.5, 0.6) is 0 Å². The molecular formula is C17H17FO. The maximum atomic E-state index is 13.4. The fraction of sp³-hybridized carbons (Fsp3) is 0.235. The van der Waals surface area contributed by atoms with E-state index < -0.39 is 0 Å². The molecule has 0 amide bonds. The second kappa shape index (κ2) is 5.79. The quantitative estimate of drug-likeness (QED) is 0.752. The van der Waals surface area contributed by atoms with Gasteiger partial charge in [0.15, 0.2) is 5.78 Å². The molecule has 0 saturated carbocycles. The number of ketones is 1. The van der Waals surface area contributed by atoms with Gasteiger partial charge in [-0.25, -0.2) is 4.39 Å². The van der Waals surface area contributed by atoms with Crippen LogP contribution in [0.2, 0.25) is 0 Å². The monoisotopic (exact) mass is 256 g/mol. The Labute approximate surface area is 113 Å². The summed E-state index contributed by atoms with van der Waals surface area (Å²) in [7, 11) is 0. The first-order chi connectivity index (χ1) is 9.10. The van der Waals surface area contributed by atoms with Gasteiger partial charge in [-0.3, -0.25) is 4.79 Å². The van der Waals surface area contributed by atoms with Crippen molar-refractivity contribution in [3.8, 4) is 0 Å². The van der Waals surface area contributed by atoms with Gasteiger partial charge < -0.3 is 0 Å². The zero-order valence-corrected chi connectivity index (χ0v) is 11.2. The van der Waals surface area contributed by atoms with Crippen LogP contribution in [0, 0.1) is 12.7 Å². The van der Waals surface area contributed by atoms with Crippen LogP contribution in [0.25, 0.3) is 0 Å². The van der Waals surface area contributed by atoms with Crippen LogP contribution < -0.4 is 0 Å². The molecule has 19 heavy (non-hydrogen) atoms. The average molecular weight is 256 g/mol. The molecule has 0 N–H and O–H groups in total. The number of hydrogen-bond donors (Lipinski definition) is 0. The standard InChI is InChI=1S/C17H17FO/c1-3-13-5-7-14(8-6-13)10-17(19)15-9-4-12(2)16(18)11-15/h4-9,11H,3,10H2,1-2H3. The van der Waals surface area contributed by atoms with E-state index in [9.17, 15) is 9.18 Å². The van der Waals surface area contributed by atoms with Crippen molar-refractivity contribution >= 4 is 5.78 Å². The summed E-state index contributed by atoms with van der Waals surface area (Å²) in [5.74, 6) is -0.379. The van der Waals surface area contributed by atoms with Gasteiger partial charge in [-0.15, -0.1) is 0 Å². The lowest BCUT2D eigenvalue weighted by Crippen LogP contribution is -2.04. The molecule has 0 aliphatic heterocycles. The fourth-order valence-electron chi connectivity index (χ4n) is 1.95. The zero-order valence-electron chi connectivity index (χ0n) is 11.2. The van der Waals surface area contributed by atoms with Crippen LogP contribution in [0.1, 0.15) is 34.0 Å². The van der Waals surface area contributed by atoms with E-state index in [0.717, 1.165) is 12.0 Å². The van der Waals surface area contributed by atoms with Gasteiger partial charge in [-0.05, 0) is 36.1 Å². The van der Waals surface area contributed by atoms with Gasteiger partial charge >= 0.3 is 0 Å². The van der Waals surface area contributed by atoms with Gasteiger partial charge in [0.25, 0.3) is 0 Å². The molecule has 2 rings (SSSR count). The normalized spacial score (nSPS) is 10.5. The van der Waals surface area contributed by atoms with Crippen LogP contribution in [-0.2, 0) is 12.8 Å². The third kappa shape index (κ3) is 3.28. The Hall–Kier alpha value is -1.96. The van der Waals surface area contributed by atoms with Crippen molar-refractivity contribution in [1.82, 2.24) is 0 Å². The molecule has 2 heteroatoms. The number of carbonyl (C=O) groups excluding carboxylic acids is 1. The smallest absolute Gasteiger partial charge is 0.167 e. The Morgan fingerprint density at radius 2 is 1.68 bits per heavy atom. The first-order valence-electron chi connectivity index (χ1n) is 6.47. The first kappa shape index (κ1) is 13.5. The highest BCUT2D eigenvalue weighted by molar-refractivity contribution is 5.97. The summed E-state index contributed by atoms with van der Waals surface area (Å²) in [6, 6.07) is 12.6. The lowest BCUT2D eigenvalue weighted by Gasteiger charge is -2.04. The summed E-state index contributed by atoms with van der Waals surface area (Å²) in [6.45, 7) is 3.78. The molecule has 0 unspecified atom stereocenters. The molecule has 1 nitrogen and oxygen atoms in total. The number of aryl methyl sites for hydroxylation is 2. The minimum absolute atomic E-state index is 0.0526. The van der Waals surface area contributed by atoms with Gasteiger partial charge in [-0.2, -0.15) is 0 Å². The number of carbonyl (C=O) groups is 1. The van der Waals surface area contributed by atoms with Crippen molar-refractivity contribution in [2.24, 2.45) is 0 Å². The summed E-state index contributed by atoms with van der Waals surface area (Å²) in [4.78, 5) is 12.1. The molecule has 0 spiro atoms. The molecule has 0 aliphatic rings. The van der Waals surface area contributed by atoms with Gasteiger partial charge in [0.05, 0.1) is 0 Å². The van der Waals surface area contributed by atoms with Crippen molar-refractivity contribution < 1.29 is 9.18 Å². The van der Waals surface area contributed by atoms with E-state index in [-0.39, 0.29) is 11.6 Å². The highest BCUT2D eigenvalue weighted by Crippen LogP contribution is 2.13. The van der Waals surface area contributed by atoms with E-state index in [1.165, 1.54) is 11.6 Å². The molecule has 0 heterocycles. The van der Waals surface area contributed by atoms with E-state index in [0.29, 0.717) is 17.5 Å². The van der Waals surface area contributed by atoms with Crippen molar-refractivity contribution in [2.75, 3.05) is 0 Å². The molecular weight excluding hydrogens is 239 g/mol. The molecule has 0 radical (unpaired) electrons. The van der Waals surface area contributed by atoms with E-state index in [4.69, 9.17) is 0 Å². The van der Waals surface area contributed by atoms with Crippen molar-refractivity contribution in [3.63, 3.8) is 0 Å². The number of benzene rings is 2. The molecule has 0 saturated heterocycles.